The Morgan fingerprint density at radius 1 is 1.55 bits per heavy atom. The normalized spacial score (nSPS) is 18.1. The molecule has 1 aromatic rings. The second-order valence-electron chi connectivity index (χ2n) is 4.30. The van der Waals surface area contributed by atoms with Gasteiger partial charge in [-0.1, -0.05) is 6.07 Å². The smallest absolute Gasteiger partial charge is 0.221 e. The number of thioether (sulfide) groups is 1. The molecule has 1 unspecified atom stereocenters. The predicted molar refractivity (Wildman–Crippen MR) is 82.4 cm³/mol. The van der Waals surface area contributed by atoms with Gasteiger partial charge in [0.2, 0.25) is 5.91 Å². The summed E-state index contributed by atoms with van der Waals surface area (Å²) in [6.07, 6.45) is 2.25. The minimum atomic E-state index is 0. The summed E-state index contributed by atoms with van der Waals surface area (Å²) in [5, 5.41) is 7.17. The molecule has 5 nitrogen and oxygen atoms in total. The van der Waals surface area contributed by atoms with E-state index in [0.29, 0.717) is 19.6 Å². The molecule has 1 saturated heterocycles. The summed E-state index contributed by atoms with van der Waals surface area (Å²) in [4.78, 5) is 15.9. The summed E-state index contributed by atoms with van der Waals surface area (Å²) in [5.41, 5.74) is 0. The Morgan fingerprint density at radius 3 is 3.15 bits per heavy atom. The van der Waals surface area contributed by atoms with Crippen molar-refractivity contribution < 1.29 is 9.53 Å². The van der Waals surface area contributed by atoms with Gasteiger partial charge < -0.3 is 15.4 Å². The van der Waals surface area contributed by atoms with Crippen molar-refractivity contribution in [2.24, 2.45) is 0 Å². The Hall–Kier alpha value is -0.820. The van der Waals surface area contributed by atoms with Crippen LogP contribution in [0.1, 0.15) is 6.42 Å². The molecule has 2 N–H and O–H groups in total. The van der Waals surface area contributed by atoms with Gasteiger partial charge in [-0.3, -0.25) is 4.79 Å². The zero-order valence-electron chi connectivity index (χ0n) is 11.2. The number of carbonyl (C=O) groups excluding carboxylic acids is 1. The van der Waals surface area contributed by atoms with Gasteiger partial charge in [-0.25, -0.2) is 4.98 Å². The van der Waals surface area contributed by atoms with Crippen LogP contribution in [0.25, 0.3) is 0 Å². The monoisotopic (exact) mass is 317 g/mol. The fourth-order valence-corrected chi connectivity index (χ4v) is 2.55. The van der Waals surface area contributed by atoms with E-state index in [0.717, 1.165) is 23.9 Å². The molecule has 7 heteroatoms. The lowest BCUT2D eigenvalue weighted by Gasteiger charge is -2.23. The van der Waals surface area contributed by atoms with Crippen molar-refractivity contribution in [3.8, 4) is 0 Å². The lowest BCUT2D eigenvalue weighted by atomic mass is 10.2. The van der Waals surface area contributed by atoms with E-state index >= 15 is 0 Å². The largest absolute Gasteiger partial charge is 0.378 e. The van der Waals surface area contributed by atoms with Crippen molar-refractivity contribution in [2.75, 3.05) is 32.1 Å². The van der Waals surface area contributed by atoms with Crippen LogP contribution >= 0.6 is 24.2 Å². The fraction of sp³-hybridized carbons (Fsp3) is 0.538. The van der Waals surface area contributed by atoms with Crippen LogP contribution in [0, 0.1) is 0 Å². The summed E-state index contributed by atoms with van der Waals surface area (Å²) in [6, 6.07) is 5.97. The summed E-state index contributed by atoms with van der Waals surface area (Å²) in [7, 11) is 0. The molecule has 1 aliphatic rings. The summed E-state index contributed by atoms with van der Waals surface area (Å²) in [6.45, 7) is 2.84. The van der Waals surface area contributed by atoms with E-state index in [2.05, 4.69) is 15.6 Å². The van der Waals surface area contributed by atoms with Crippen molar-refractivity contribution in [2.45, 2.75) is 17.5 Å². The molecular formula is C13H20ClN3O2S. The maximum atomic E-state index is 11.7. The molecule has 0 bridgehead atoms. The predicted octanol–water partition coefficient (Wildman–Crippen LogP) is 1.09. The summed E-state index contributed by atoms with van der Waals surface area (Å²) < 4.78 is 5.31. The van der Waals surface area contributed by atoms with Gasteiger partial charge >= 0.3 is 0 Å². The molecule has 1 fully saturated rings. The highest BCUT2D eigenvalue weighted by atomic mass is 35.5. The number of carbonyl (C=O) groups is 1. The third-order valence-electron chi connectivity index (χ3n) is 2.74. The van der Waals surface area contributed by atoms with E-state index in [9.17, 15) is 4.79 Å². The molecule has 112 valence electrons. The highest BCUT2D eigenvalue weighted by Crippen LogP contribution is 2.12. The topological polar surface area (TPSA) is 63.2 Å². The average molecular weight is 318 g/mol. The Morgan fingerprint density at radius 2 is 2.45 bits per heavy atom. The number of amides is 1. The minimum absolute atomic E-state index is 0. The quantitative estimate of drug-likeness (QED) is 0.607. The third kappa shape index (κ3) is 6.56. The second kappa shape index (κ2) is 9.99. The van der Waals surface area contributed by atoms with Gasteiger partial charge in [0, 0.05) is 37.5 Å². The first-order valence-electron chi connectivity index (χ1n) is 6.46. The van der Waals surface area contributed by atoms with Gasteiger partial charge in [-0.15, -0.1) is 24.2 Å². The van der Waals surface area contributed by atoms with Crippen molar-refractivity contribution in [3.05, 3.63) is 24.4 Å². The Bertz CT molecular complexity index is 388. The molecular weight excluding hydrogens is 298 g/mol. The number of pyridine rings is 1. The zero-order valence-corrected chi connectivity index (χ0v) is 12.8. The van der Waals surface area contributed by atoms with E-state index in [1.54, 1.807) is 18.0 Å². The molecule has 1 amide bonds. The molecule has 0 saturated carbocycles. The second-order valence-corrected chi connectivity index (χ2v) is 5.41. The van der Waals surface area contributed by atoms with E-state index in [-0.39, 0.29) is 24.4 Å². The number of nitrogens with zero attached hydrogens (tertiary/aromatic N) is 1. The van der Waals surface area contributed by atoms with Gasteiger partial charge in [-0.05, 0) is 12.1 Å². The van der Waals surface area contributed by atoms with E-state index < -0.39 is 0 Å². The number of hydrogen-bond donors (Lipinski definition) is 2. The van der Waals surface area contributed by atoms with Crippen molar-refractivity contribution in [3.63, 3.8) is 0 Å². The highest BCUT2D eigenvalue weighted by Gasteiger charge is 2.16. The number of aromatic nitrogens is 1. The maximum Gasteiger partial charge on any atom is 0.221 e. The fourth-order valence-electron chi connectivity index (χ4n) is 1.83. The molecule has 0 aromatic carbocycles. The first-order chi connectivity index (χ1) is 9.34. The van der Waals surface area contributed by atoms with Crippen LogP contribution in [0.2, 0.25) is 0 Å². The third-order valence-corrected chi connectivity index (χ3v) is 3.69. The van der Waals surface area contributed by atoms with Gasteiger partial charge in [-0.2, -0.15) is 0 Å². The first-order valence-corrected chi connectivity index (χ1v) is 7.45. The summed E-state index contributed by atoms with van der Waals surface area (Å²) in [5.74, 6) is 0.904. The molecule has 20 heavy (non-hydrogen) atoms. The van der Waals surface area contributed by atoms with Gasteiger partial charge in [0.05, 0.1) is 18.2 Å². The molecule has 2 rings (SSSR count). The van der Waals surface area contributed by atoms with Crippen LogP contribution in [0.3, 0.4) is 0 Å². The first kappa shape index (κ1) is 17.2. The van der Waals surface area contributed by atoms with Crippen LogP contribution in [0.4, 0.5) is 0 Å². The lowest BCUT2D eigenvalue weighted by Crippen LogP contribution is -2.44. The minimum Gasteiger partial charge on any atom is -0.378 e. The van der Waals surface area contributed by atoms with Gasteiger partial charge in [0.1, 0.15) is 0 Å². The van der Waals surface area contributed by atoms with E-state index in [1.165, 1.54) is 0 Å². The molecule has 1 atom stereocenters. The van der Waals surface area contributed by atoms with Crippen molar-refractivity contribution in [1.29, 1.82) is 0 Å². The molecule has 2 heterocycles. The summed E-state index contributed by atoms with van der Waals surface area (Å²) >= 11 is 1.64. The molecule has 0 spiro atoms. The van der Waals surface area contributed by atoms with Crippen LogP contribution in [-0.2, 0) is 9.53 Å². The van der Waals surface area contributed by atoms with E-state index in [4.69, 9.17) is 4.74 Å². The zero-order chi connectivity index (χ0) is 13.3. The van der Waals surface area contributed by atoms with Crippen LogP contribution in [-0.4, -0.2) is 49.0 Å². The average Bonchev–Trinajstić information content (AvgIpc) is 2.46. The number of rotatable bonds is 6. The van der Waals surface area contributed by atoms with E-state index in [1.807, 2.05) is 18.2 Å². The maximum absolute atomic E-state index is 11.7. The number of ether oxygens (including phenoxy) is 1. The number of hydrogen-bond acceptors (Lipinski definition) is 5. The van der Waals surface area contributed by atoms with Gasteiger partial charge in [0.15, 0.2) is 0 Å². The number of nitrogens with one attached hydrogen (secondary N) is 2. The Labute approximate surface area is 129 Å². The van der Waals surface area contributed by atoms with Crippen LogP contribution in [0.15, 0.2) is 29.4 Å². The number of morpholine rings is 1. The van der Waals surface area contributed by atoms with Crippen LogP contribution in [0.5, 0.6) is 0 Å². The molecule has 0 aliphatic carbocycles. The number of halogens is 1. The lowest BCUT2D eigenvalue weighted by molar-refractivity contribution is -0.122. The Balaban J connectivity index is 0.00000200. The SMILES string of the molecule is Cl.O=C(CC1COCCN1)NCCSc1ccccn1. The van der Waals surface area contributed by atoms with Crippen LogP contribution < -0.4 is 10.6 Å². The molecule has 1 aliphatic heterocycles. The standard InChI is InChI=1S/C13H19N3O2S.ClH/c17-12(9-11-10-18-7-5-14-11)15-6-8-19-13-3-1-2-4-16-13;/h1-4,11,14H,5-10H2,(H,15,17);1H. The Kier molecular flexibility index (Phi) is 8.60. The van der Waals surface area contributed by atoms with Crippen molar-refractivity contribution in [1.82, 2.24) is 15.6 Å². The highest BCUT2D eigenvalue weighted by molar-refractivity contribution is 7.99. The van der Waals surface area contributed by atoms with Crippen molar-refractivity contribution >= 4 is 30.1 Å². The molecule has 1 aromatic heterocycles. The molecule has 0 radical (unpaired) electrons. The van der Waals surface area contributed by atoms with Gasteiger partial charge in [0.25, 0.3) is 0 Å².